The molecular formula is C23H17ClN4O2S. The summed E-state index contributed by atoms with van der Waals surface area (Å²) in [6.45, 7) is 1.73. The first-order valence-electron chi connectivity index (χ1n) is 9.36. The van der Waals surface area contributed by atoms with E-state index in [0.717, 1.165) is 10.1 Å². The number of anilines is 1. The largest absolute Gasteiger partial charge is 0.315 e. The number of nitrogens with one attached hydrogen (secondary N) is 1. The van der Waals surface area contributed by atoms with E-state index >= 15 is 0 Å². The van der Waals surface area contributed by atoms with Crippen molar-refractivity contribution in [1.82, 2.24) is 9.36 Å². The Balaban J connectivity index is 1.70. The molecule has 2 aromatic carbocycles. The normalized spacial score (nSPS) is 11.5. The van der Waals surface area contributed by atoms with Gasteiger partial charge in [-0.1, -0.05) is 48.0 Å². The average Bonchev–Trinajstić information content (AvgIpc) is 3.21. The third-order valence-electron chi connectivity index (χ3n) is 4.99. The summed E-state index contributed by atoms with van der Waals surface area (Å²) in [5.41, 5.74) is 0.852. The van der Waals surface area contributed by atoms with Crippen LogP contribution in [0.15, 0.2) is 65.0 Å². The highest BCUT2D eigenvalue weighted by atomic mass is 35.5. The van der Waals surface area contributed by atoms with E-state index in [1.807, 2.05) is 48.5 Å². The van der Waals surface area contributed by atoms with Gasteiger partial charge in [0.05, 0.1) is 16.4 Å². The van der Waals surface area contributed by atoms with Gasteiger partial charge in [0.2, 0.25) is 0 Å². The van der Waals surface area contributed by atoms with Crippen LogP contribution in [-0.2, 0) is 11.8 Å². The molecule has 0 aliphatic carbocycles. The number of para-hydroxylation sites is 1. The molecule has 0 radical (unpaired) electrons. The maximum Gasteiger partial charge on any atom is 0.295 e. The van der Waals surface area contributed by atoms with Crippen LogP contribution in [0.3, 0.4) is 0 Å². The first-order chi connectivity index (χ1) is 14.9. The summed E-state index contributed by atoms with van der Waals surface area (Å²) in [6, 6.07) is 18.6. The van der Waals surface area contributed by atoms with Gasteiger partial charge in [0, 0.05) is 22.0 Å². The molecular weight excluding hydrogens is 432 g/mol. The fourth-order valence-corrected chi connectivity index (χ4v) is 4.73. The van der Waals surface area contributed by atoms with Crippen molar-refractivity contribution in [2.75, 3.05) is 5.32 Å². The molecule has 0 bridgehead atoms. The molecule has 2 aromatic heterocycles. The molecule has 31 heavy (non-hydrogen) atoms. The molecule has 0 saturated heterocycles. The number of halogens is 1. The van der Waals surface area contributed by atoms with Crippen LogP contribution in [-0.4, -0.2) is 15.3 Å². The predicted octanol–water partition coefficient (Wildman–Crippen LogP) is 4.90. The minimum Gasteiger partial charge on any atom is -0.315 e. The lowest BCUT2D eigenvalue weighted by Crippen LogP contribution is -2.23. The Bertz CT molecular complexity index is 1440. The number of hydrogen-bond acceptors (Lipinski definition) is 4. The molecule has 0 saturated carbocycles. The van der Waals surface area contributed by atoms with Crippen LogP contribution < -0.4 is 10.9 Å². The van der Waals surface area contributed by atoms with Crippen LogP contribution in [0.4, 0.5) is 5.69 Å². The van der Waals surface area contributed by atoms with E-state index in [9.17, 15) is 14.9 Å². The number of hydrogen-bond donors (Lipinski definition) is 1. The van der Waals surface area contributed by atoms with Crippen molar-refractivity contribution in [2.45, 2.75) is 6.92 Å². The summed E-state index contributed by atoms with van der Waals surface area (Å²) < 4.78 is 4.08. The fraction of sp³-hybridized carbons (Fsp3) is 0.0870. The molecule has 0 unspecified atom stereocenters. The molecule has 4 rings (SSSR count). The van der Waals surface area contributed by atoms with Gasteiger partial charge in [-0.15, -0.1) is 11.3 Å². The maximum atomic E-state index is 13.0. The van der Waals surface area contributed by atoms with Gasteiger partial charge in [-0.25, -0.2) is 4.68 Å². The number of rotatable bonds is 4. The Labute approximate surface area is 187 Å². The van der Waals surface area contributed by atoms with Crippen LogP contribution in [0.25, 0.3) is 21.8 Å². The Hall–Kier alpha value is -3.60. The van der Waals surface area contributed by atoms with E-state index in [-0.39, 0.29) is 16.8 Å². The van der Waals surface area contributed by atoms with Gasteiger partial charge in [-0.3, -0.25) is 14.3 Å². The zero-order valence-electron chi connectivity index (χ0n) is 16.7. The molecule has 0 aliphatic rings. The van der Waals surface area contributed by atoms with Crippen LogP contribution in [0.2, 0.25) is 5.02 Å². The van der Waals surface area contributed by atoms with Gasteiger partial charge in [0.15, 0.2) is 0 Å². The Morgan fingerprint density at radius 2 is 1.84 bits per heavy atom. The van der Waals surface area contributed by atoms with E-state index in [1.54, 1.807) is 30.8 Å². The van der Waals surface area contributed by atoms with E-state index in [2.05, 4.69) is 5.32 Å². The Kier molecular flexibility index (Phi) is 5.51. The second kappa shape index (κ2) is 8.26. The van der Waals surface area contributed by atoms with Crippen molar-refractivity contribution < 1.29 is 4.79 Å². The SMILES string of the molecule is Cc1c(NC(=O)/C(C#N)=C/c2sc3ccccc3c2Cl)c(=O)n(-c2ccccc2)n1C. The number of nitriles is 1. The van der Waals surface area contributed by atoms with Crippen molar-refractivity contribution in [3.8, 4) is 11.8 Å². The minimum atomic E-state index is -0.665. The van der Waals surface area contributed by atoms with Crippen molar-refractivity contribution in [1.29, 1.82) is 5.26 Å². The standard InChI is InChI=1S/C23H17ClN4O2S/c1-14-21(23(30)28(27(14)2)16-8-4-3-5-9-16)26-22(29)15(13-25)12-19-20(24)17-10-6-7-11-18(17)31-19/h3-12H,1-2H3,(H,26,29)/b15-12+. The van der Waals surface area contributed by atoms with Gasteiger partial charge in [0.25, 0.3) is 11.5 Å². The number of fused-ring (bicyclic) bond motifs is 1. The molecule has 6 nitrogen and oxygen atoms in total. The van der Waals surface area contributed by atoms with E-state index in [0.29, 0.717) is 21.3 Å². The third kappa shape index (κ3) is 3.67. The Morgan fingerprint density at radius 1 is 1.16 bits per heavy atom. The quantitative estimate of drug-likeness (QED) is 0.356. The molecule has 1 amide bonds. The summed E-state index contributed by atoms with van der Waals surface area (Å²) >= 11 is 7.83. The zero-order valence-corrected chi connectivity index (χ0v) is 18.3. The second-order valence-corrected chi connectivity index (χ2v) is 8.30. The molecule has 0 atom stereocenters. The van der Waals surface area contributed by atoms with E-state index in [1.165, 1.54) is 22.1 Å². The summed E-state index contributed by atoms with van der Waals surface area (Å²) in [6.07, 6.45) is 1.45. The van der Waals surface area contributed by atoms with Crippen molar-refractivity contribution in [2.24, 2.45) is 7.05 Å². The number of amides is 1. The fourth-order valence-electron chi connectivity index (χ4n) is 3.30. The maximum absolute atomic E-state index is 13.0. The molecule has 0 fully saturated rings. The molecule has 0 spiro atoms. The predicted molar refractivity (Wildman–Crippen MR) is 125 cm³/mol. The Morgan fingerprint density at radius 3 is 2.52 bits per heavy atom. The number of thiophene rings is 1. The van der Waals surface area contributed by atoms with Gasteiger partial charge in [-0.2, -0.15) is 5.26 Å². The molecule has 8 heteroatoms. The number of carbonyl (C=O) groups excluding carboxylic acids is 1. The van der Waals surface area contributed by atoms with Crippen molar-refractivity contribution in [3.05, 3.63) is 86.1 Å². The van der Waals surface area contributed by atoms with E-state index in [4.69, 9.17) is 11.6 Å². The topological polar surface area (TPSA) is 79.8 Å². The molecule has 0 aliphatic heterocycles. The summed E-state index contributed by atoms with van der Waals surface area (Å²) in [5.74, 6) is -0.665. The number of benzene rings is 2. The number of carbonyl (C=O) groups is 1. The van der Waals surface area contributed by atoms with Gasteiger partial charge in [-0.05, 0) is 31.2 Å². The highest BCUT2D eigenvalue weighted by Crippen LogP contribution is 2.36. The smallest absolute Gasteiger partial charge is 0.295 e. The van der Waals surface area contributed by atoms with Gasteiger partial charge < -0.3 is 5.32 Å². The highest BCUT2D eigenvalue weighted by Gasteiger charge is 2.20. The summed E-state index contributed by atoms with van der Waals surface area (Å²) in [4.78, 5) is 26.4. The lowest BCUT2D eigenvalue weighted by molar-refractivity contribution is -0.112. The molecule has 4 aromatic rings. The monoisotopic (exact) mass is 448 g/mol. The number of aromatic nitrogens is 2. The lowest BCUT2D eigenvalue weighted by atomic mass is 10.2. The van der Waals surface area contributed by atoms with Crippen LogP contribution in [0.1, 0.15) is 10.6 Å². The van der Waals surface area contributed by atoms with Crippen molar-refractivity contribution in [3.63, 3.8) is 0 Å². The zero-order chi connectivity index (χ0) is 22.1. The average molecular weight is 449 g/mol. The minimum absolute atomic E-state index is 0.125. The third-order valence-corrected chi connectivity index (χ3v) is 6.63. The molecule has 154 valence electrons. The lowest BCUT2D eigenvalue weighted by Gasteiger charge is -2.07. The first-order valence-corrected chi connectivity index (χ1v) is 10.6. The summed E-state index contributed by atoms with van der Waals surface area (Å²) in [7, 11) is 1.73. The van der Waals surface area contributed by atoms with Gasteiger partial charge in [0.1, 0.15) is 17.3 Å². The molecule has 2 heterocycles. The number of nitrogens with zero attached hydrogens (tertiary/aromatic N) is 3. The summed E-state index contributed by atoms with van der Waals surface area (Å²) in [5, 5.41) is 13.5. The van der Waals surface area contributed by atoms with Crippen molar-refractivity contribution >= 4 is 50.7 Å². The molecule has 1 N–H and O–H groups in total. The van der Waals surface area contributed by atoms with Gasteiger partial charge >= 0.3 is 0 Å². The van der Waals surface area contributed by atoms with Crippen LogP contribution >= 0.6 is 22.9 Å². The highest BCUT2D eigenvalue weighted by molar-refractivity contribution is 7.20. The second-order valence-electron chi connectivity index (χ2n) is 6.84. The van der Waals surface area contributed by atoms with Crippen LogP contribution in [0, 0.1) is 18.3 Å². The van der Waals surface area contributed by atoms with E-state index < -0.39 is 5.91 Å². The first kappa shape index (κ1) is 20.7. The van der Waals surface area contributed by atoms with Crippen LogP contribution in [0.5, 0.6) is 0 Å².